The highest BCUT2D eigenvalue weighted by molar-refractivity contribution is 6.06. The van der Waals surface area contributed by atoms with E-state index in [2.05, 4.69) is 15.6 Å². The number of rotatable bonds is 3. The van der Waals surface area contributed by atoms with Crippen molar-refractivity contribution in [2.75, 3.05) is 10.6 Å². The van der Waals surface area contributed by atoms with E-state index in [0.29, 0.717) is 22.3 Å². The van der Waals surface area contributed by atoms with Crippen molar-refractivity contribution in [3.63, 3.8) is 0 Å². The average Bonchev–Trinajstić information content (AvgIpc) is 2.55. The molecule has 1 heterocycles. The van der Waals surface area contributed by atoms with Crippen LogP contribution in [-0.2, 0) is 4.79 Å². The number of hydrogen-bond donors (Lipinski definition) is 3. The van der Waals surface area contributed by atoms with E-state index in [1.54, 1.807) is 42.5 Å². The van der Waals surface area contributed by atoms with Gasteiger partial charge in [-0.2, -0.15) is 0 Å². The fourth-order valence-corrected chi connectivity index (χ4v) is 2.41. The van der Waals surface area contributed by atoms with Crippen LogP contribution in [0.3, 0.4) is 0 Å². The summed E-state index contributed by atoms with van der Waals surface area (Å²) >= 11 is 0. The molecule has 2 amide bonds. The lowest BCUT2D eigenvalue weighted by molar-refractivity contribution is -0.114. The van der Waals surface area contributed by atoms with Crippen LogP contribution in [0, 0.1) is 0 Å². The van der Waals surface area contributed by atoms with Crippen molar-refractivity contribution in [1.29, 1.82) is 0 Å². The van der Waals surface area contributed by atoms with Gasteiger partial charge in [0.25, 0.3) is 5.91 Å². The lowest BCUT2D eigenvalue weighted by Crippen LogP contribution is -2.22. The Kier molecular flexibility index (Phi) is 4.11. The number of amides is 2. The Morgan fingerprint density at radius 1 is 0.958 bits per heavy atom. The molecule has 0 aliphatic carbocycles. The van der Waals surface area contributed by atoms with Gasteiger partial charge in [-0.1, -0.05) is 18.2 Å². The molecule has 6 nitrogen and oxygen atoms in total. The molecule has 0 saturated heterocycles. The van der Waals surface area contributed by atoms with Gasteiger partial charge < -0.3 is 15.6 Å². The first-order chi connectivity index (χ1) is 11.5. The number of aromatic nitrogens is 1. The number of fused-ring (bicyclic) bond motifs is 1. The van der Waals surface area contributed by atoms with Gasteiger partial charge in [0, 0.05) is 35.4 Å². The van der Waals surface area contributed by atoms with E-state index in [1.807, 2.05) is 6.07 Å². The van der Waals surface area contributed by atoms with Gasteiger partial charge in [0.15, 0.2) is 0 Å². The Morgan fingerprint density at radius 3 is 2.42 bits per heavy atom. The van der Waals surface area contributed by atoms with Gasteiger partial charge in [0.1, 0.15) is 5.56 Å². The summed E-state index contributed by atoms with van der Waals surface area (Å²) in [7, 11) is 0. The molecule has 3 rings (SSSR count). The molecule has 0 atom stereocenters. The summed E-state index contributed by atoms with van der Waals surface area (Å²) in [4.78, 5) is 38.9. The Balaban J connectivity index is 1.89. The van der Waals surface area contributed by atoms with E-state index < -0.39 is 5.91 Å². The molecular weight excluding hydrogens is 306 g/mol. The van der Waals surface area contributed by atoms with Crippen LogP contribution >= 0.6 is 0 Å². The molecule has 0 bridgehead atoms. The van der Waals surface area contributed by atoms with E-state index in [-0.39, 0.29) is 16.9 Å². The first-order valence-corrected chi connectivity index (χ1v) is 7.34. The smallest absolute Gasteiger partial charge is 0.261 e. The quantitative estimate of drug-likeness (QED) is 0.692. The Bertz CT molecular complexity index is 992. The lowest BCUT2D eigenvalue weighted by Gasteiger charge is -2.08. The monoisotopic (exact) mass is 321 g/mol. The highest BCUT2D eigenvalue weighted by Crippen LogP contribution is 2.16. The maximum Gasteiger partial charge on any atom is 0.261 e. The fraction of sp³-hybridized carbons (Fsp3) is 0.0556. The SMILES string of the molecule is CC(=O)Nc1cccc(NC(=O)c2c[nH]c3ccccc3c2=O)c1. The standard InChI is InChI=1S/C18H15N3O3/c1-11(22)20-12-5-4-6-13(9-12)21-18(24)15-10-19-16-8-3-2-7-14(16)17(15)23/h2-10H,1H3,(H,19,23)(H,20,22)(H,21,24). The zero-order valence-corrected chi connectivity index (χ0v) is 12.9. The number of H-pyrrole nitrogens is 1. The number of pyridine rings is 1. The highest BCUT2D eigenvalue weighted by Gasteiger charge is 2.13. The topological polar surface area (TPSA) is 91.1 Å². The summed E-state index contributed by atoms with van der Waals surface area (Å²) in [6.45, 7) is 1.40. The van der Waals surface area contributed by atoms with Gasteiger partial charge in [-0.15, -0.1) is 0 Å². The lowest BCUT2D eigenvalue weighted by atomic mass is 10.1. The summed E-state index contributed by atoms with van der Waals surface area (Å²) in [5, 5.41) is 5.76. The predicted molar refractivity (Wildman–Crippen MR) is 93.3 cm³/mol. The minimum atomic E-state index is -0.512. The van der Waals surface area contributed by atoms with Crippen LogP contribution in [-0.4, -0.2) is 16.8 Å². The van der Waals surface area contributed by atoms with Crippen LogP contribution in [0.1, 0.15) is 17.3 Å². The molecule has 24 heavy (non-hydrogen) atoms. The molecule has 0 saturated carbocycles. The number of nitrogens with one attached hydrogen (secondary N) is 3. The third-order valence-electron chi connectivity index (χ3n) is 3.47. The molecule has 0 aliphatic heterocycles. The van der Waals surface area contributed by atoms with Gasteiger partial charge in [-0.05, 0) is 30.3 Å². The third kappa shape index (κ3) is 3.17. The molecule has 2 aromatic carbocycles. The van der Waals surface area contributed by atoms with E-state index in [1.165, 1.54) is 13.1 Å². The van der Waals surface area contributed by atoms with E-state index in [4.69, 9.17) is 0 Å². The second-order valence-corrected chi connectivity index (χ2v) is 5.29. The average molecular weight is 321 g/mol. The minimum Gasteiger partial charge on any atom is -0.360 e. The number of para-hydroxylation sites is 1. The first-order valence-electron chi connectivity index (χ1n) is 7.34. The van der Waals surface area contributed by atoms with Crippen molar-refractivity contribution in [3.05, 3.63) is 70.5 Å². The van der Waals surface area contributed by atoms with Gasteiger partial charge in [-0.25, -0.2) is 0 Å². The number of anilines is 2. The molecule has 0 unspecified atom stereocenters. The van der Waals surface area contributed by atoms with Gasteiger partial charge in [-0.3, -0.25) is 14.4 Å². The third-order valence-corrected chi connectivity index (χ3v) is 3.47. The van der Waals surface area contributed by atoms with Crippen molar-refractivity contribution in [1.82, 2.24) is 4.98 Å². The number of carbonyl (C=O) groups is 2. The highest BCUT2D eigenvalue weighted by atomic mass is 16.2. The molecule has 3 N–H and O–H groups in total. The van der Waals surface area contributed by atoms with Crippen molar-refractivity contribution in [3.8, 4) is 0 Å². The zero-order valence-electron chi connectivity index (χ0n) is 12.9. The van der Waals surface area contributed by atoms with Gasteiger partial charge in [0.05, 0.1) is 0 Å². The maximum absolute atomic E-state index is 12.4. The summed E-state index contributed by atoms with van der Waals surface area (Å²) < 4.78 is 0. The molecule has 1 aromatic heterocycles. The number of carbonyl (C=O) groups excluding carboxylic acids is 2. The molecule has 120 valence electrons. The van der Waals surface area contributed by atoms with Crippen LogP contribution in [0.15, 0.2) is 59.5 Å². The Labute approximate surface area is 137 Å². The van der Waals surface area contributed by atoms with Crippen molar-refractivity contribution in [2.45, 2.75) is 6.92 Å². The van der Waals surface area contributed by atoms with Crippen LogP contribution in [0.25, 0.3) is 10.9 Å². The van der Waals surface area contributed by atoms with Crippen LogP contribution in [0.5, 0.6) is 0 Å². The molecule has 0 radical (unpaired) electrons. The molecule has 0 aliphatic rings. The number of aromatic amines is 1. The van der Waals surface area contributed by atoms with Crippen LogP contribution in [0.2, 0.25) is 0 Å². The van der Waals surface area contributed by atoms with Crippen molar-refractivity contribution < 1.29 is 9.59 Å². The number of benzene rings is 2. The number of hydrogen-bond acceptors (Lipinski definition) is 3. The Morgan fingerprint density at radius 2 is 1.67 bits per heavy atom. The van der Waals surface area contributed by atoms with E-state index in [0.717, 1.165) is 0 Å². The normalized spacial score (nSPS) is 10.4. The maximum atomic E-state index is 12.4. The second-order valence-electron chi connectivity index (χ2n) is 5.29. The zero-order chi connectivity index (χ0) is 17.1. The molecule has 0 fully saturated rings. The van der Waals surface area contributed by atoms with Gasteiger partial charge in [0.2, 0.25) is 11.3 Å². The van der Waals surface area contributed by atoms with Crippen LogP contribution in [0.4, 0.5) is 11.4 Å². The van der Waals surface area contributed by atoms with Crippen LogP contribution < -0.4 is 16.1 Å². The molecule has 6 heteroatoms. The van der Waals surface area contributed by atoms with Gasteiger partial charge >= 0.3 is 0 Å². The second kappa shape index (κ2) is 6.37. The fourth-order valence-electron chi connectivity index (χ4n) is 2.41. The summed E-state index contributed by atoms with van der Waals surface area (Å²) in [6.07, 6.45) is 1.40. The molecule has 0 spiro atoms. The van der Waals surface area contributed by atoms with Crippen molar-refractivity contribution in [2.24, 2.45) is 0 Å². The van der Waals surface area contributed by atoms with E-state index in [9.17, 15) is 14.4 Å². The minimum absolute atomic E-state index is 0.0265. The first kappa shape index (κ1) is 15.5. The predicted octanol–water partition coefficient (Wildman–Crippen LogP) is 2.74. The molecule has 3 aromatic rings. The largest absolute Gasteiger partial charge is 0.360 e. The Hall–Kier alpha value is -3.41. The van der Waals surface area contributed by atoms with Crippen molar-refractivity contribution >= 4 is 34.1 Å². The molecular formula is C18H15N3O3. The summed E-state index contributed by atoms with van der Waals surface area (Å²) in [6, 6.07) is 13.7. The summed E-state index contributed by atoms with van der Waals surface area (Å²) in [5.74, 6) is -0.716. The summed E-state index contributed by atoms with van der Waals surface area (Å²) in [5.41, 5.74) is 1.41. The van der Waals surface area contributed by atoms with E-state index >= 15 is 0 Å².